The summed E-state index contributed by atoms with van der Waals surface area (Å²) in [5.41, 5.74) is 0.635. The van der Waals surface area contributed by atoms with Gasteiger partial charge in [0.2, 0.25) is 0 Å². The fourth-order valence-corrected chi connectivity index (χ4v) is 1.53. The molecule has 19 heavy (non-hydrogen) atoms. The summed E-state index contributed by atoms with van der Waals surface area (Å²) in [5, 5.41) is 6.05. The van der Waals surface area contributed by atoms with E-state index in [1.54, 1.807) is 6.33 Å². The molecule has 1 rings (SSSR count). The fraction of sp³-hybridized carbons (Fsp3) is 0.692. The summed E-state index contributed by atoms with van der Waals surface area (Å²) in [6.45, 7) is 8.86. The Kier molecular flexibility index (Phi) is 5.35. The van der Waals surface area contributed by atoms with Gasteiger partial charge >= 0.3 is 6.09 Å². The van der Waals surface area contributed by atoms with Crippen LogP contribution in [0.3, 0.4) is 0 Å². The van der Waals surface area contributed by atoms with Crippen molar-refractivity contribution in [2.24, 2.45) is 7.05 Å². The topological polar surface area (TPSA) is 68.2 Å². The third kappa shape index (κ3) is 6.24. The first kappa shape index (κ1) is 15.5. The Bertz CT molecular complexity index is 409. The highest BCUT2D eigenvalue weighted by Crippen LogP contribution is 2.06. The lowest BCUT2D eigenvalue weighted by atomic mass is 10.2. The second-order valence-corrected chi connectivity index (χ2v) is 5.67. The molecule has 1 amide bonds. The lowest BCUT2D eigenvalue weighted by molar-refractivity contribution is 0.0508. The minimum Gasteiger partial charge on any atom is -0.444 e. The van der Waals surface area contributed by atoms with Gasteiger partial charge < -0.3 is 19.9 Å². The molecule has 0 aliphatic rings. The van der Waals surface area contributed by atoms with E-state index < -0.39 is 5.60 Å². The Balaban J connectivity index is 2.23. The van der Waals surface area contributed by atoms with E-state index in [1.165, 1.54) is 0 Å². The van der Waals surface area contributed by atoms with Crippen molar-refractivity contribution in [1.29, 1.82) is 0 Å². The standard InChI is InChI=1S/C13H24N4O2/c1-10(16-12(18)19-13(2,3)4)6-14-7-11-8-15-9-17(11)5/h8-10,14H,6-7H2,1-5H3,(H,16,18). The second-order valence-electron chi connectivity index (χ2n) is 5.67. The molecule has 2 N–H and O–H groups in total. The van der Waals surface area contributed by atoms with Crippen molar-refractivity contribution in [3.05, 3.63) is 18.2 Å². The van der Waals surface area contributed by atoms with Crippen LogP contribution in [-0.2, 0) is 18.3 Å². The molecule has 1 heterocycles. The van der Waals surface area contributed by atoms with Crippen LogP contribution in [0.15, 0.2) is 12.5 Å². The number of carbonyl (C=O) groups excluding carboxylic acids is 1. The summed E-state index contributed by atoms with van der Waals surface area (Å²) < 4.78 is 7.15. The molecule has 6 heteroatoms. The third-order valence-corrected chi connectivity index (χ3v) is 2.44. The Labute approximate surface area is 114 Å². The van der Waals surface area contributed by atoms with Crippen LogP contribution in [0.5, 0.6) is 0 Å². The van der Waals surface area contributed by atoms with Gasteiger partial charge in [-0.1, -0.05) is 0 Å². The summed E-state index contributed by atoms with van der Waals surface area (Å²) in [4.78, 5) is 15.6. The van der Waals surface area contributed by atoms with Gasteiger partial charge in [-0.15, -0.1) is 0 Å². The van der Waals surface area contributed by atoms with Crippen molar-refractivity contribution in [3.8, 4) is 0 Å². The maximum Gasteiger partial charge on any atom is 0.407 e. The van der Waals surface area contributed by atoms with Crippen LogP contribution in [0.1, 0.15) is 33.4 Å². The van der Waals surface area contributed by atoms with E-state index in [1.807, 2.05) is 45.5 Å². The molecule has 0 radical (unpaired) electrons. The van der Waals surface area contributed by atoms with E-state index in [0.29, 0.717) is 6.54 Å². The molecule has 0 spiro atoms. The zero-order valence-electron chi connectivity index (χ0n) is 12.4. The number of hydrogen-bond acceptors (Lipinski definition) is 4. The van der Waals surface area contributed by atoms with Gasteiger partial charge in [0.05, 0.1) is 12.0 Å². The van der Waals surface area contributed by atoms with Crippen LogP contribution in [-0.4, -0.2) is 33.8 Å². The van der Waals surface area contributed by atoms with Crippen molar-refractivity contribution < 1.29 is 9.53 Å². The molecule has 0 aliphatic heterocycles. The van der Waals surface area contributed by atoms with Crippen molar-refractivity contribution in [1.82, 2.24) is 20.2 Å². The largest absolute Gasteiger partial charge is 0.444 e. The number of alkyl carbamates (subject to hydrolysis) is 1. The summed E-state index contributed by atoms with van der Waals surface area (Å²) in [6.07, 6.45) is 3.19. The number of ether oxygens (including phenoxy) is 1. The Morgan fingerprint density at radius 1 is 1.53 bits per heavy atom. The minimum atomic E-state index is -0.466. The lowest BCUT2D eigenvalue weighted by Crippen LogP contribution is -2.42. The zero-order valence-corrected chi connectivity index (χ0v) is 12.4. The average molecular weight is 268 g/mol. The van der Waals surface area contributed by atoms with Gasteiger partial charge in [-0.05, 0) is 27.7 Å². The predicted octanol–water partition coefficient (Wildman–Crippen LogP) is 1.42. The number of aryl methyl sites for hydroxylation is 1. The van der Waals surface area contributed by atoms with Gasteiger partial charge in [0.25, 0.3) is 0 Å². The van der Waals surface area contributed by atoms with Crippen molar-refractivity contribution in [2.45, 2.75) is 45.9 Å². The Morgan fingerprint density at radius 3 is 2.74 bits per heavy atom. The smallest absolute Gasteiger partial charge is 0.407 e. The van der Waals surface area contributed by atoms with E-state index in [2.05, 4.69) is 15.6 Å². The van der Waals surface area contributed by atoms with Crippen LogP contribution >= 0.6 is 0 Å². The van der Waals surface area contributed by atoms with Crippen molar-refractivity contribution in [2.75, 3.05) is 6.54 Å². The maximum atomic E-state index is 11.5. The predicted molar refractivity (Wildman–Crippen MR) is 73.7 cm³/mol. The van der Waals surface area contributed by atoms with Crippen LogP contribution in [0.25, 0.3) is 0 Å². The number of nitrogens with zero attached hydrogens (tertiary/aromatic N) is 2. The maximum absolute atomic E-state index is 11.5. The fourth-order valence-electron chi connectivity index (χ4n) is 1.53. The number of imidazole rings is 1. The summed E-state index contributed by atoms with van der Waals surface area (Å²) in [6, 6.07) is 0.00285. The van der Waals surface area contributed by atoms with Crippen molar-refractivity contribution in [3.63, 3.8) is 0 Å². The molecule has 0 saturated heterocycles. The number of rotatable bonds is 5. The van der Waals surface area contributed by atoms with Crippen LogP contribution < -0.4 is 10.6 Å². The monoisotopic (exact) mass is 268 g/mol. The zero-order chi connectivity index (χ0) is 14.5. The Morgan fingerprint density at radius 2 is 2.21 bits per heavy atom. The number of aromatic nitrogens is 2. The van der Waals surface area contributed by atoms with E-state index in [4.69, 9.17) is 4.74 Å². The van der Waals surface area contributed by atoms with E-state index >= 15 is 0 Å². The van der Waals surface area contributed by atoms with Gasteiger partial charge in [-0.25, -0.2) is 9.78 Å². The molecule has 0 saturated carbocycles. The van der Waals surface area contributed by atoms with Crippen LogP contribution in [0.4, 0.5) is 4.79 Å². The summed E-state index contributed by atoms with van der Waals surface area (Å²) >= 11 is 0. The molecule has 0 fully saturated rings. The number of hydrogen-bond donors (Lipinski definition) is 2. The molecule has 0 bridgehead atoms. The van der Waals surface area contributed by atoms with Crippen LogP contribution in [0.2, 0.25) is 0 Å². The van der Waals surface area contributed by atoms with E-state index in [-0.39, 0.29) is 12.1 Å². The second kappa shape index (κ2) is 6.56. The SMILES string of the molecule is CC(CNCc1cncn1C)NC(=O)OC(C)(C)C. The first-order valence-corrected chi connectivity index (χ1v) is 6.43. The quantitative estimate of drug-likeness (QED) is 0.847. The normalized spacial score (nSPS) is 13.1. The van der Waals surface area contributed by atoms with Gasteiger partial charge in [-0.2, -0.15) is 0 Å². The molecule has 1 unspecified atom stereocenters. The number of amides is 1. The van der Waals surface area contributed by atoms with Gasteiger partial charge in [0, 0.05) is 32.4 Å². The van der Waals surface area contributed by atoms with Gasteiger partial charge in [0.1, 0.15) is 5.60 Å². The molecule has 1 aromatic heterocycles. The molecule has 1 aromatic rings. The average Bonchev–Trinajstić information content (AvgIpc) is 2.61. The van der Waals surface area contributed by atoms with Crippen LogP contribution in [0, 0.1) is 0 Å². The number of nitrogens with one attached hydrogen (secondary N) is 2. The molecular formula is C13H24N4O2. The minimum absolute atomic E-state index is 0.00285. The first-order valence-electron chi connectivity index (χ1n) is 6.43. The summed E-state index contributed by atoms with van der Waals surface area (Å²) in [7, 11) is 1.95. The Hall–Kier alpha value is -1.56. The highest BCUT2D eigenvalue weighted by atomic mass is 16.6. The third-order valence-electron chi connectivity index (χ3n) is 2.44. The highest BCUT2D eigenvalue weighted by Gasteiger charge is 2.17. The van der Waals surface area contributed by atoms with Crippen molar-refractivity contribution >= 4 is 6.09 Å². The first-order chi connectivity index (χ1) is 8.78. The van der Waals surface area contributed by atoms with E-state index in [0.717, 1.165) is 12.2 Å². The molecule has 1 atom stereocenters. The van der Waals surface area contributed by atoms with E-state index in [9.17, 15) is 4.79 Å². The summed E-state index contributed by atoms with van der Waals surface area (Å²) in [5.74, 6) is 0. The number of carbonyl (C=O) groups is 1. The van der Waals surface area contributed by atoms with Gasteiger partial charge in [-0.3, -0.25) is 0 Å². The van der Waals surface area contributed by atoms with Gasteiger partial charge in [0.15, 0.2) is 0 Å². The molecule has 0 aliphatic carbocycles. The lowest BCUT2D eigenvalue weighted by Gasteiger charge is -2.22. The molecule has 6 nitrogen and oxygen atoms in total. The molecular weight excluding hydrogens is 244 g/mol. The molecule has 108 valence electrons. The molecule has 0 aromatic carbocycles. The highest BCUT2D eigenvalue weighted by molar-refractivity contribution is 5.68.